The van der Waals surface area contributed by atoms with E-state index in [1.807, 2.05) is 18.2 Å². The molecule has 102 valence electrons. The van der Waals surface area contributed by atoms with Crippen molar-refractivity contribution in [3.05, 3.63) is 65.2 Å². The second-order valence-electron chi connectivity index (χ2n) is 4.96. The Morgan fingerprint density at radius 3 is 2.35 bits per heavy atom. The normalized spacial score (nSPS) is 11.2. The van der Waals surface area contributed by atoms with Gasteiger partial charge in [-0.3, -0.25) is 9.79 Å². The molecule has 3 nitrogen and oxygen atoms in total. The average molecular weight is 266 g/mol. The summed E-state index contributed by atoms with van der Waals surface area (Å²) in [6.07, 6.45) is 1.74. The first-order valence-corrected chi connectivity index (χ1v) is 6.61. The number of para-hydroxylation sites is 1. The van der Waals surface area contributed by atoms with E-state index in [9.17, 15) is 4.79 Å². The van der Waals surface area contributed by atoms with Crippen molar-refractivity contribution in [2.24, 2.45) is 10.7 Å². The molecular weight excluding hydrogens is 248 g/mol. The summed E-state index contributed by atoms with van der Waals surface area (Å²) in [7, 11) is 0. The van der Waals surface area contributed by atoms with Crippen molar-refractivity contribution < 1.29 is 4.79 Å². The minimum atomic E-state index is -0.465. The molecule has 2 aromatic rings. The fraction of sp³-hybridized carbons (Fsp3) is 0.176. The molecule has 20 heavy (non-hydrogen) atoms. The summed E-state index contributed by atoms with van der Waals surface area (Å²) < 4.78 is 0. The number of primary amides is 1. The molecule has 0 unspecified atom stereocenters. The maximum Gasteiger partial charge on any atom is 0.250 e. The molecule has 0 radical (unpaired) electrons. The van der Waals surface area contributed by atoms with Crippen LogP contribution in [0.3, 0.4) is 0 Å². The van der Waals surface area contributed by atoms with Gasteiger partial charge in [0.1, 0.15) is 0 Å². The molecule has 0 saturated heterocycles. The SMILES string of the molecule is CC(C)c1ccc(/C=N/c2ccccc2C(N)=O)cc1. The molecule has 0 bridgehead atoms. The van der Waals surface area contributed by atoms with Crippen LogP contribution in [0, 0.1) is 0 Å². The van der Waals surface area contributed by atoms with Gasteiger partial charge in [0.25, 0.3) is 5.91 Å². The quantitative estimate of drug-likeness (QED) is 0.843. The molecule has 2 N–H and O–H groups in total. The molecule has 3 heteroatoms. The predicted octanol–water partition coefficient (Wildman–Crippen LogP) is 3.66. The van der Waals surface area contributed by atoms with Crippen LogP contribution in [0.1, 0.15) is 41.3 Å². The van der Waals surface area contributed by atoms with Gasteiger partial charge < -0.3 is 5.73 Å². The van der Waals surface area contributed by atoms with E-state index in [0.29, 0.717) is 17.2 Å². The second-order valence-corrected chi connectivity index (χ2v) is 4.96. The molecular formula is C17H18N2O. The summed E-state index contributed by atoms with van der Waals surface area (Å²) in [4.78, 5) is 15.6. The van der Waals surface area contributed by atoms with Gasteiger partial charge in [-0.15, -0.1) is 0 Å². The molecule has 0 atom stereocenters. The van der Waals surface area contributed by atoms with E-state index >= 15 is 0 Å². The lowest BCUT2D eigenvalue weighted by Gasteiger charge is -2.04. The summed E-state index contributed by atoms with van der Waals surface area (Å²) in [6.45, 7) is 4.32. The Kier molecular flexibility index (Phi) is 4.31. The van der Waals surface area contributed by atoms with Gasteiger partial charge in [-0.05, 0) is 29.2 Å². The summed E-state index contributed by atoms with van der Waals surface area (Å²) in [5.41, 5.74) is 8.63. The van der Waals surface area contributed by atoms with Crippen LogP contribution in [-0.4, -0.2) is 12.1 Å². The van der Waals surface area contributed by atoms with Crippen molar-refractivity contribution in [3.63, 3.8) is 0 Å². The number of benzene rings is 2. The topological polar surface area (TPSA) is 55.4 Å². The van der Waals surface area contributed by atoms with Gasteiger partial charge in [0.15, 0.2) is 0 Å². The van der Waals surface area contributed by atoms with Gasteiger partial charge in [0.05, 0.1) is 11.3 Å². The molecule has 0 heterocycles. The molecule has 0 aliphatic carbocycles. The highest BCUT2D eigenvalue weighted by Gasteiger charge is 2.05. The molecule has 0 fully saturated rings. The van der Waals surface area contributed by atoms with Crippen LogP contribution in [0.15, 0.2) is 53.5 Å². The number of aliphatic imine (C=N–C) groups is 1. The van der Waals surface area contributed by atoms with Crippen LogP contribution in [0.5, 0.6) is 0 Å². The fourth-order valence-corrected chi connectivity index (χ4v) is 1.91. The second kappa shape index (κ2) is 6.15. The third-order valence-corrected chi connectivity index (χ3v) is 3.13. The highest BCUT2D eigenvalue weighted by Crippen LogP contribution is 2.18. The van der Waals surface area contributed by atoms with Crippen LogP contribution in [0.4, 0.5) is 5.69 Å². The van der Waals surface area contributed by atoms with Gasteiger partial charge in [0.2, 0.25) is 0 Å². The number of rotatable bonds is 4. The van der Waals surface area contributed by atoms with E-state index in [1.165, 1.54) is 5.56 Å². The van der Waals surface area contributed by atoms with E-state index in [4.69, 9.17) is 5.73 Å². The molecule has 2 rings (SSSR count). The lowest BCUT2D eigenvalue weighted by molar-refractivity contribution is 0.100. The van der Waals surface area contributed by atoms with E-state index in [2.05, 4.69) is 31.0 Å². The van der Waals surface area contributed by atoms with Crippen molar-refractivity contribution >= 4 is 17.8 Å². The smallest absolute Gasteiger partial charge is 0.250 e. The van der Waals surface area contributed by atoms with Crippen LogP contribution < -0.4 is 5.73 Å². The maximum absolute atomic E-state index is 11.3. The minimum absolute atomic E-state index is 0.433. The summed E-state index contributed by atoms with van der Waals surface area (Å²) in [6, 6.07) is 15.3. The molecule has 0 saturated carbocycles. The zero-order valence-corrected chi connectivity index (χ0v) is 11.7. The number of nitrogens with zero attached hydrogens (tertiary/aromatic N) is 1. The summed E-state index contributed by atoms with van der Waals surface area (Å²) in [5.74, 6) is 0.0458. The number of amides is 1. The van der Waals surface area contributed by atoms with Crippen molar-refractivity contribution in [1.82, 2.24) is 0 Å². The van der Waals surface area contributed by atoms with E-state index in [0.717, 1.165) is 5.56 Å². The third kappa shape index (κ3) is 3.32. The monoisotopic (exact) mass is 266 g/mol. The van der Waals surface area contributed by atoms with E-state index < -0.39 is 5.91 Å². The Labute approximate surface area is 119 Å². The largest absolute Gasteiger partial charge is 0.366 e. The molecule has 0 aromatic heterocycles. The Morgan fingerprint density at radius 1 is 1.10 bits per heavy atom. The first-order chi connectivity index (χ1) is 9.58. The lowest BCUT2D eigenvalue weighted by atomic mass is 10.0. The third-order valence-electron chi connectivity index (χ3n) is 3.13. The highest BCUT2D eigenvalue weighted by atomic mass is 16.1. The zero-order valence-electron chi connectivity index (χ0n) is 11.7. The van der Waals surface area contributed by atoms with Crippen LogP contribution in [-0.2, 0) is 0 Å². The van der Waals surface area contributed by atoms with Crippen molar-refractivity contribution in [3.8, 4) is 0 Å². The Morgan fingerprint density at radius 2 is 1.75 bits per heavy atom. The Hall–Kier alpha value is -2.42. The van der Waals surface area contributed by atoms with Gasteiger partial charge in [-0.1, -0.05) is 50.2 Å². The van der Waals surface area contributed by atoms with E-state index in [1.54, 1.807) is 24.4 Å². The van der Waals surface area contributed by atoms with Crippen LogP contribution in [0.2, 0.25) is 0 Å². The number of nitrogens with two attached hydrogens (primary N) is 1. The van der Waals surface area contributed by atoms with Gasteiger partial charge in [-0.25, -0.2) is 0 Å². The van der Waals surface area contributed by atoms with Gasteiger partial charge in [0, 0.05) is 6.21 Å². The molecule has 0 aliphatic heterocycles. The summed E-state index contributed by atoms with van der Waals surface area (Å²) in [5, 5.41) is 0. The first-order valence-electron chi connectivity index (χ1n) is 6.61. The number of hydrogen-bond donors (Lipinski definition) is 1. The summed E-state index contributed by atoms with van der Waals surface area (Å²) >= 11 is 0. The zero-order chi connectivity index (χ0) is 14.5. The number of carbonyl (C=O) groups is 1. The van der Waals surface area contributed by atoms with E-state index in [-0.39, 0.29) is 0 Å². The Balaban J connectivity index is 2.23. The lowest BCUT2D eigenvalue weighted by Crippen LogP contribution is -2.10. The highest BCUT2D eigenvalue weighted by molar-refractivity contribution is 5.98. The molecule has 2 aromatic carbocycles. The minimum Gasteiger partial charge on any atom is -0.366 e. The van der Waals surface area contributed by atoms with Crippen molar-refractivity contribution in [1.29, 1.82) is 0 Å². The molecule has 1 amide bonds. The predicted molar refractivity (Wildman–Crippen MR) is 82.7 cm³/mol. The van der Waals surface area contributed by atoms with Crippen LogP contribution in [0.25, 0.3) is 0 Å². The van der Waals surface area contributed by atoms with Crippen molar-refractivity contribution in [2.75, 3.05) is 0 Å². The number of hydrogen-bond acceptors (Lipinski definition) is 2. The average Bonchev–Trinajstić information content (AvgIpc) is 2.45. The molecule has 0 spiro atoms. The van der Waals surface area contributed by atoms with Crippen molar-refractivity contribution in [2.45, 2.75) is 19.8 Å². The fourth-order valence-electron chi connectivity index (χ4n) is 1.91. The van der Waals surface area contributed by atoms with Crippen LogP contribution >= 0.6 is 0 Å². The standard InChI is InChI=1S/C17H18N2O/c1-12(2)14-9-7-13(8-10-14)11-19-16-6-4-3-5-15(16)17(18)20/h3-12H,1-2H3,(H2,18,20)/b19-11+. The first kappa shape index (κ1) is 14.0. The van der Waals surface area contributed by atoms with Gasteiger partial charge in [-0.2, -0.15) is 0 Å². The molecule has 0 aliphatic rings. The Bertz CT molecular complexity index is 628. The van der Waals surface area contributed by atoms with Gasteiger partial charge >= 0.3 is 0 Å². The number of carbonyl (C=O) groups excluding carboxylic acids is 1. The maximum atomic E-state index is 11.3.